The second kappa shape index (κ2) is 8.34. The van der Waals surface area contributed by atoms with Crippen LogP contribution in [0.3, 0.4) is 0 Å². The first-order valence-corrected chi connectivity index (χ1v) is 6.42. The Hall–Kier alpha value is -1.78. The van der Waals surface area contributed by atoms with Crippen molar-refractivity contribution in [1.82, 2.24) is 0 Å². The Morgan fingerprint density at radius 1 is 1.16 bits per heavy atom. The Kier molecular flexibility index (Phi) is 6.71. The number of hydrogen-bond donors (Lipinski definition) is 2. The number of phenols is 1. The average Bonchev–Trinajstić information content (AvgIpc) is 2.37. The van der Waals surface area contributed by atoms with Gasteiger partial charge in [-0.1, -0.05) is 31.4 Å². The lowest BCUT2D eigenvalue weighted by Crippen LogP contribution is -2.03. The molecule has 0 spiro atoms. The number of halogens is 1. The molecule has 0 aliphatic carbocycles. The van der Waals surface area contributed by atoms with Crippen molar-refractivity contribution in [3.63, 3.8) is 0 Å². The number of para-hydroxylation sites is 1. The molecular formula is C14H19FO4. The lowest BCUT2D eigenvalue weighted by atomic mass is 10.0. The summed E-state index contributed by atoms with van der Waals surface area (Å²) in [5, 5.41) is 18.4. The van der Waals surface area contributed by atoms with Gasteiger partial charge in [0.1, 0.15) is 0 Å². The summed E-state index contributed by atoms with van der Waals surface area (Å²) in [7, 11) is 0. The third kappa shape index (κ3) is 5.59. The molecular weight excluding hydrogens is 251 g/mol. The normalized spacial score (nSPS) is 10.4. The molecule has 0 amide bonds. The molecule has 19 heavy (non-hydrogen) atoms. The van der Waals surface area contributed by atoms with Gasteiger partial charge in [-0.25, -0.2) is 4.79 Å². The van der Waals surface area contributed by atoms with Crippen molar-refractivity contribution in [2.75, 3.05) is 6.67 Å². The smallest absolute Gasteiger partial charge is 0.504 e. The van der Waals surface area contributed by atoms with E-state index in [0.29, 0.717) is 18.4 Å². The molecule has 0 aromatic heterocycles. The van der Waals surface area contributed by atoms with Gasteiger partial charge in [0, 0.05) is 0 Å². The zero-order chi connectivity index (χ0) is 14.1. The second-order valence-electron chi connectivity index (χ2n) is 4.34. The van der Waals surface area contributed by atoms with E-state index in [-0.39, 0.29) is 18.2 Å². The van der Waals surface area contributed by atoms with Crippen LogP contribution in [0.15, 0.2) is 18.2 Å². The summed E-state index contributed by atoms with van der Waals surface area (Å²) in [6, 6.07) is 4.80. The molecule has 0 heterocycles. The van der Waals surface area contributed by atoms with E-state index >= 15 is 0 Å². The topological polar surface area (TPSA) is 66.8 Å². The third-order valence-electron chi connectivity index (χ3n) is 2.86. The van der Waals surface area contributed by atoms with E-state index in [9.17, 15) is 14.3 Å². The monoisotopic (exact) mass is 270 g/mol. The first-order chi connectivity index (χ1) is 9.15. The van der Waals surface area contributed by atoms with Gasteiger partial charge in [0.2, 0.25) is 0 Å². The van der Waals surface area contributed by atoms with Gasteiger partial charge in [-0.05, 0) is 30.9 Å². The minimum atomic E-state index is -1.45. The molecule has 0 radical (unpaired) electrons. The van der Waals surface area contributed by atoms with E-state index in [4.69, 9.17) is 5.11 Å². The van der Waals surface area contributed by atoms with E-state index in [0.717, 1.165) is 25.7 Å². The summed E-state index contributed by atoms with van der Waals surface area (Å²) in [5.74, 6) is -0.156. The second-order valence-corrected chi connectivity index (χ2v) is 4.34. The van der Waals surface area contributed by atoms with E-state index in [2.05, 4.69) is 4.74 Å². The molecule has 4 nitrogen and oxygen atoms in total. The van der Waals surface area contributed by atoms with E-state index in [1.165, 1.54) is 6.07 Å². The third-order valence-corrected chi connectivity index (χ3v) is 2.86. The molecule has 1 rings (SSSR count). The van der Waals surface area contributed by atoms with Crippen LogP contribution in [0.4, 0.5) is 9.18 Å². The van der Waals surface area contributed by atoms with Crippen LogP contribution >= 0.6 is 0 Å². The molecule has 1 aromatic rings. The lowest BCUT2D eigenvalue weighted by Gasteiger charge is -2.08. The van der Waals surface area contributed by atoms with Crippen molar-refractivity contribution in [3.05, 3.63) is 23.8 Å². The number of aromatic hydroxyl groups is 1. The lowest BCUT2D eigenvalue weighted by molar-refractivity contribution is 0.143. The molecule has 5 heteroatoms. The Bertz CT molecular complexity index is 406. The predicted octanol–water partition coefficient (Wildman–Crippen LogP) is 3.91. The number of alkyl halides is 1. The summed E-state index contributed by atoms with van der Waals surface area (Å²) in [4.78, 5) is 10.4. The standard InChI is InChI=1S/C14H19FO4/c15-10-5-3-1-2-4-7-11-8-6-9-12(13(11)16)19-14(17)18/h6,8-9,16H,1-5,7,10H2,(H,17,18). The van der Waals surface area contributed by atoms with Crippen LogP contribution in [-0.4, -0.2) is 23.0 Å². The van der Waals surface area contributed by atoms with Gasteiger partial charge in [-0.15, -0.1) is 0 Å². The zero-order valence-electron chi connectivity index (χ0n) is 10.8. The number of hydrogen-bond acceptors (Lipinski definition) is 3. The van der Waals surface area contributed by atoms with Gasteiger partial charge in [-0.3, -0.25) is 4.39 Å². The number of rotatable bonds is 8. The molecule has 0 saturated heterocycles. The number of benzene rings is 1. The van der Waals surface area contributed by atoms with Crippen molar-refractivity contribution in [1.29, 1.82) is 0 Å². The molecule has 0 unspecified atom stereocenters. The molecule has 106 valence electrons. The molecule has 2 N–H and O–H groups in total. The number of aryl methyl sites for hydroxylation is 1. The summed E-state index contributed by atoms with van der Waals surface area (Å²) in [5.41, 5.74) is 0.671. The Morgan fingerprint density at radius 2 is 1.84 bits per heavy atom. The van der Waals surface area contributed by atoms with Crippen LogP contribution in [0.1, 0.15) is 37.7 Å². The maximum Gasteiger partial charge on any atom is 0.511 e. The summed E-state index contributed by atoms with van der Waals surface area (Å²) < 4.78 is 16.3. The van der Waals surface area contributed by atoms with Crippen LogP contribution in [-0.2, 0) is 6.42 Å². The highest BCUT2D eigenvalue weighted by Crippen LogP contribution is 2.31. The van der Waals surface area contributed by atoms with Gasteiger partial charge in [-0.2, -0.15) is 0 Å². The molecule has 0 atom stereocenters. The summed E-state index contributed by atoms with van der Waals surface area (Å²) in [6.07, 6.45) is 3.49. The van der Waals surface area contributed by atoms with Crippen molar-refractivity contribution in [2.45, 2.75) is 38.5 Å². The molecule has 0 aliphatic heterocycles. The largest absolute Gasteiger partial charge is 0.511 e. The molecule has 0 aliphatic rings. The minimum Gasteiger partial charge on any atom is -0.504 e. The first kappa shape index (κ1) is 15.3. The van der Waals surface area contributed by atoms with E-state index in [1.54, 1.807) is 12.1 Å². The van der Waals surface area contributed by atoms with Crippen molar-refractivity contribution < 1.29 is 24.1 Å². The SMILES string of the molecule is O=C(O)Oc1cccc(CCCCCCCF)c1O. The number of carboxylic acid groups (broad SMARTS) is 1. The molecule has 1 aromatic carbocycles. The van der Waals surface area contributed by atoms with Crippen LogP contribution in [0.2, 0.25) is 0 Å². The summed E-state index contributed by atoms with van der Waals surface area (Å²) in [6.45, 7) is -0.268. The van der Waals surface area contributed by atoms with Gasteiger partial charge >= 0.3 is 6.16 Å². The molecule has 0 bridgehead atoms. The molecule has 0 saturated carbocycles. The van der Waals surface area contributed by atoms with Gasteiger partial charge in [0.25, 0.3) is 0 Å². The van der Waals surface area contributed by atoms with Crippen molar-refractivity contribution in [3.8, 4) is 11.5 Å². The van der Waals surface area contributed by atoms with Crippen molar-refractivity contribution >= 4 is 6.16 Å². The zero-order valence-corrected chi connectivity index (χ0v) is 10.8. The number of phenolic OH excluding ortho intramolecular Hbond substituents is 1. The number of unbranched alkanes of at least 4 members (excludes halogenated alkanes) is 4. The van der Waals surface area contributed by atoms with Crippen LogP contribution in [0.5, 0.6) is 11.5 Å². The average molecular weight is 270 g/mol. The highest BCUT2D eigenvalue weighted by atomic mass is 19.1. The van der Waals surface area contributed by atoms with Crippen LogP contribution in [0, 0.1) is 0 Å². The van der Waals surface area contributed by atoms with Gasteiger partial charge in [0.15, 0.2) is 11.5 Å². The van der Waals surface area contributed by atoms with E-state index in [1.807, 2.05) is 0 Å². The quantitative estimate of drug-likeness (QED) is 0.427. The Morgan fingerprint density at radius 3 is 2.53 bits per heavy atom. The highest BCUT2D eigenvalue weighted by Gasteiger charge is 2.10. The fourth-order valence-electron chi connectivity index (χ4n) is 1.89. The fourth-order valence-corrected chi connectivity index (χ4v) is 1.89. The van der Waals surface area contributed by atoms with Gasteiger partial charge in [0.05, 0.1) is 6.67 Å². The number of ether oxygens (including phenoxy) is 1. The minimum absolute atomic E-state index is 0.0394. The van der Waals surface area contributed by atoms with Crippen LogP contribution < -0.4 is 4.74 Å². The highest BCUT2D eigenvalue weighted by molar-refractivity contribution is 5.63. The summed E-state index contributed by atoms with van der Waals surface area (Å²) >= 11 is 0. The Balaban J connectivity index is 2.43. The maximum absolute atomic E-state index is 11.9. The van der Waals surface area contributed by atoms with Crippen LogP contribution in [0.25, 0.3) is 0 Å². The molecule has 0 fully saturated rings. The van der Waals surface area contributed by atoms with Gasteiger partial charge < -0.3 is 14.9 Å². The maximum atomic E-state index is 11.9. The van der Waals surface area contributed by atoms with E-state index < -0.39 is 6.16 Å². The number of carbonyl (C=O) groups is 1. The predicted molar refractivity (Wildman–Crippen MR) is 69.5 cm³/mol. The fraction of sp³-hybridized carbons (Fsp3) is 0.500. The Labute approximate surface area is 111 Å². The first-order valence-electron chi connectivity index (χ1n) is 6.42. The van der Waals surface area contributed by atoms with Crippen molar-refractivity contribution in [2.24, 2.45) is 0 Å².